The van der Waals surface area contributed by atoms with E-state index in [-0.39, 0.29) is 23.8 Å². The Balaban J connectivity index is 0.00000200. The minimum Gasteiger partial charge on any atom is -0.350 e. The first kappa shape index (κ1) is 17.0. The number of benzene rings is 1. The Morgan fingerprint density at radius 3 is 2.20 bits per heavy atom. The smallest absolute Gasteiger partial charge is 0.350 e. The van der Waals surface area contributed by atoms with E-state index in [1.165, 1.54) is 0 Å². The Morgan fingerprint density at radius 2 is 1.70 bits per heavy atom. The molecule has 0 amide bonds. The number of aromatic nitrogens is 3. The molecule has 0 radical (unpaired) electrons. The Bertz CT molecular complexity index is 685. The molecule has 0 unspecified atom stereocenters. The van der Waals surface area contributed by atoms with Gasteiger partial charge in [0.2, 0.25) is 0 Å². The summed E-state index contributed by atoms with van der Waals surface area (Å²) in [5.41, 5.74) is 1.04. The fourth-order valence-corrected chi connectivity index (χ4v) is 3.00. The number of aryl methyl sites for hydroxylation is 1. The molecule has 0 saturated carbocycles. The Hall–Kier alpha value is -1.09. The van der Waals surface area contributed by atoms with Crippen molar-refractivity contribution in [2.24, 2.45) is 0 Å². The zero-order chi connectivity index (χ0) is 14.3. The zero-order valence-corrected chi connectivity index (χ0v) is 13.2. The van der Waals surface area contributed by atoms with Crippen LogP contribution in [0, 0.1) is 13.1 Å². The monoisotopic (exact) mass is 285 g/mol. The molecule has 0 atom stereocenters. The van der Waals surface area contributed by atoms with Crippen LogP contribution in [0.3, 0.4) is 0 Å². The summed E-state index contributed by atoms with van der Waals surface area (Å²) in [4.78, 5) is 0.197. The average Bonchev–Trinajstić information content (AvgIpc) is 2.78. The fraction of sp³-hybridized carbons (Fsp3) is 0.385. The van der Waals surface area contributed by atoms with Gasteiger partial charge in [0.15, 0.2) is 0 Å². The number of hydrogen-bond donors (Lipinski definition) is 0. The van der Waals surface area contributed by atoms with Crippen molar-refractivity contribution in [3.8, 4) is 0 Å². The molecule has 0 aliphatic heterocycles. The Labute approximate surface area is 131 Å². The van der Waals surface area contributed by atoms with E-state index in [0.717, 1.165) is 9.65 Å². The molecular formula is C13H16LiN3O2S. The summed E-state index contributed by atoms with van der Waals surface area (Å²) < 4.78 is 26.0. The minimum atomic E-state index is -3.71. The van der Waals surface area contributed by atoms with E-state index in [1.54, 1.807) is 24.3 Å². The fourth-order valence-electron chi connectivity index (χ4n) is 1.63. The van der Waals surface area contributed by atoms with E-state index in [4.69, 9.17) is 0 Å². The van der Waals surface area contributed by atoms with Crippen LogP contribution >= 0.6 is 0 Å². The van der Waals surface area contributed by atoms with Crippen molar-refractivity contribution in [2.45, 2.75) is 38.0 Å². The molecule has 0 saturated heterocycles. The molecule has 7 heteroatoms. The number of hydrogen-bond acceptors (Lipinski definition) is 4. The van der Waals surface area contributed by atoms with Gasteiger partial charge >= 0.3 is 18.9 Å². The van der Waals surface area contributed by atoms with Gasteiger partial charge in [0.05, 0.1) is 4.90 Å². The summed E-state index contributed by atoms with van der Waals surface area (Å²) >= 11 is 0. The molecule has 0 aliphatic carbocycles. The maximum Gasteiger partial charge on any atom is 1.00 e. The summed E-state index contributed by atoms with van der Waals surface area (Å²) in [7, 11) is -3.71. The average molecular weight is 285 g/mol. The van der Waals surface area contributed by atoms with Crippen LogP contribution in [0.25, 0.3) is 0 Å². The van der Waals surface area contributed by atoms with Gasteiger partial charge in [-0.3, -0.25) is 0 Å². The molecule has 0 N–H and O–H groups in total. The molecule has 0 aliphatic rings. The standard InChI is InChI=1S/C13H16N3O2S.Li/c1-10-5-7-11(8-6-10)19(17,18)16-12(9-14-15-16)13(2,3)4;/h5-8H,1-4H3;/q-1;+1. The SMILES string of the molecule is Cc1ccc(S(=O)(=O)n2nn[c-]c2C(C)(C)C)cc1.[Li+]. The van der Waals surface area contributed by atoms with E-state index in [2.05, 4.69) is 16.5 Å². The second kappa shape index (κ2) is 5.72. The summed E-state index contributed by atoms with van der Waals surface area (Å²) in [6, 6.07) is 6.64. The summed E-state index contributed by atoms with van der Waals surface area (Å²) in [5, 5.41) is 7.28. The van der Waals surface area contributed by atoms with Gasteiger partial charge in [-0.1, -0.05) is 49.4 Å². The van der Waals surface area contributed by atoms with Gasteiger partial charge in [0.1, 0.15) is 0 Å². The Kier molecular flexibility index (Phi) is 4.85. The topological polar surface area (TPSA) is 64.8 Å². The molecule has 0 bridgehead atoms. The van der Waals surface area contributed by atoms with Crippen molar-refractivity contribution in [1.29, 1.82) is 0 Å². The van der Waals surface area contributed by atoms with Gasteiger partial charge in [0, 0.05) is 0 Å². The molecule has 2 rings (SSSR count). The predicted octanol–water partition coefficient (Wildman–Crippen LogP) is -1.07. The molecule has 0 fully saturated rings. The van der Waals surface area contributed by atoms with E-state index in [1.807, 2.05) is 27.7 Å². The van der Waals surface area contributed by atoms with Crippen molar-refractivity contribution in [1.82, 2.24) is 14.4 Å². The first-order chi connectivity index (χ1) is 8.73. The van der Waals surface area contributed by atoms with Crippen LogP contribution in [0.5, 0.6) is 0 Å². The van der Waals surface area contributed by atoms with Crippen LogP contribution in [0.4, 0.5) is 0 Å². The summed E-state index contributed by atoms with van der Waals surface area (Å²) in [6.45, 7) is 7.58. The molecule has 1 aromatic heterocycles. The Morgan fingerprint density at radius 1 is 1.15 bits per heavy atom. The van der Waals surface area contributed by atoms with Gasteiger partial charge < -0.3 is 11.3 Å². The zero-order valence-electron chi connectivity index (χ0n) is 12.4. The van der Waals surface area contributed by atoms with Crippen LogP contribution in [-0.4, -0.2) is 22.8 Å². The second-order valence-electron chi connectivity index (χ2n) is 5.46. The van der Waals surface area contributed by atoms with Gasteiger partial charge in [-0.15, -0.1) is 0 Å². The minimum absolute atomic E-state index is 0. The largest absolute Gasteiger partial charge is 1.00 e. The molecule has 2 aromatic rings. The maximum atomic E-state index is 12.5. The van der Waals surface area contributed by atoms with Crippen molar-refractivity contribution >= 4 is 10.0 Å². The maximum absolute atomic E-state index is 12.5. The normalized spacial score (nSPS) is 12.0. The third-order valence-electron chi connectivity index (χ3n) is 2.73. The molecular weight excluding hydrogens is 269 g/mol. The molecule has 20 heavy (non-hydrogen) atoms. The van der Waals surface area contributed by atoms with Crippen LogP contribution in [0.1, 0.15) is 32.0 Å². The quantitative estimate of drug-likeness (QED) is 0.520. The third kappa shape index (κ3) is 3.14. The van der Waals surface area contributed by atoms with Crippen LogP contribution in [-0.2, 0) is 15.4 Å². The summed E-state index contributed by atoms with van der Waals surface area (Å²) in [6.07, 6.45) is 2.66. The van der Waals surface area contributed by atoms with E-state index in [0.29, 0.717) is 5.69 Å². The van der Waals surface area contributed by atoms with Crippen molar-refractivity contribution in [3.63, 3.8) is 0 Å². The molecule has 5 nitrogen and oxygen atoms in total. The summed E-state index contributed by atoms with van der Waals surface area (Å²) in [5.74, 6) is 0. The van der Waals surface area contributed by atoms with Gasteiger partial charge in [0.25, 0.3) is 10.0 Å². The molecule has 0 spiro atoms. The van der Waals surface area contributed by atoms with Gasteiger partial charge in [-0.2, -0.15) is 12.5 Å². The van der Waals surface area contributed by atoms with Crippen molar-refractivity contribution in [2.75, 3.05) is 0 Å². The van der Waals surface area contributed by atoms with Crippen molar-refractivity contribution in [3.05, 3.63) is 41.7 Å². The van der Waals surface area contributed by atoms with Crippen LogP contribution in [0.2, 0.25) is 0 Å². The van der Waals surface area contributed by atoms with E-state index < -0.39 is 15.4 Å². The van der Waals surface area contributed by atoms with Crippen molar-refractivity contribution < 1.29 is 27.3 Å². The number of rotatable bonds is 2. The number of nitrogens with zero attached hydrogens (tertiary/aromatic N) is 3. The van der Waals surface area contributed by atoms with Gasteiger partial charge in [-0.25, -0.2) is 0 Å². The van der Waals surface area contributed by atoms with E-state index in [9.17, 15) is 8.42 Å². The second-order valence-corrected chi connectivity index (χ2v) is 7.23. The van der Waals surface area contributed by atoms with E-state index >= 15 is 0 Å². The van der Waals surface area contributed by atoms with Crippen LogP contribution < -0.4 is 18.9 Å². The first-order valence-corrected chi connectivity index (χ1v) is 7.33. The predicted molar refractivity (Wildman–Crippen MR) is 71.3 cm³/mol. The molecule has 102 valence electrons. The molecule has 1 aromatic carbocycles. The molecule has 1 heterocycles. The van der Waals surface area contributed by atoms with Gasteiger partial charge in [-0.05, 0) is 24.5 Å². The first-order valence-electron chi connectivity index (χ1n) is 5.89. The third-order valence-corrected chi connectivity index (χ3v) is 4.31. The van der Waals surface area contributed by atoms with Crippen LogP contribution in [0.15, 0.2) is 29.2 Å².